The molecule has 6 heteroatoms. The van der Waals surface area contributed by atoms with Crippen molar-refractivity contribution in [1.29, 1.82) is 5.26 Å². The normalized spacial score (nSPS) is 15.9. The van der Waals surface area contributed by atoms with Gasteiger partial charge in [0.05, 0.1) is 12.7 Å². The summed E-state index contributed by atoms with van der Waals surface area (Å²) in [5.41, 5.74) is 1.94. The maximum absolute atomic E-state index is 12.1. The Balaban J connectivity index is 1.78. The van der Waals surface area contributed by atoms with Gasteiger partial charge in [0.2, 0.25) is 0 Å². The third-order valence-electron chi connectivity index (χ3n) is 4.95. The number of benzene rings is 2. The SMILES string of the molecule is N#CC(=Cc1ccc2cc(N3CCCCC3)ccc2c1)C(=O)NCC(O)CO. The minimum absolute atomic E-state index is 0.0468. The highest BCUT2D eigenvalue weighted by molar-refractivity contribution is 6.02. The molecule has 1 aliphatic heterocycles. The van der Waals surface area contributed by atoms with Crippen molar-refractivity contribution in [3.05, 3.63) is 47.5 Å². The molecule has 1 aliphatic rings. The molecule has 1 fully saturated rings. The molecule has 2 aromatic carbocycles. The van der Waals surface area contributed by atoms with Gasteiger partial charge in [-0.2, -0.15) is 5.26 Å². The molecule has 1 saturated heterocycles. The first-order valence-electron chi connectivity index (χ1n) is 9.58. The summed E-state index contributed by atoms with van der Waals surface area (Å²) in [4.78, 5) is 14.5. The molecule has 28 heavy (non-hydrogen) atoms. The lowest BCUT2D eigenvalue weighted by Gasteiger charge is -2.29. The van der Waals surface area contributed by atoms with Crippen molar-refractivity contribution in [3.8, 4) is 6.07 Å². The van der Waals surface area contributed by atoms with Crippen LogP contribution < -0.4 is 10.2 Å². The van der Waals surface area contributed by atoms with Crippen molar-refractivity contribution < 1.29 is 15.0 Å². The molecule has 0 bridgehead atoms. The number of fused-ring (bicyclic) bond motifs is 1. The van der Waals surface area contributed by atoms with Gasteiger partial charge in [0.25, 0.3) is 5.91 Å². The van der Waals surface area contributed by atoms with E-state index < -0.39 is 18.6 Å². The number of hydrogen-bond acceptors (Lipinski definition) is 5. The molecule has 1 amide bonds. The van der Waals surface area contributed by atoms with Gasteiger partial charge in [0.15, 0.2) is 0 Å². The molecule has 3 N–H and O–H groups in total. The third kappa shape index (κ3) is 4.89. The zero-order chi connectivity index (χ0) is 19.9. The number of hydrogen-bond donors (Lipinski definition) is 3. The van der Waals surface area contributed by atoms with Crippen LogP contribution in [0.4, 0.5) is 5.69 Å². The van der Waals surface area contributed by atoms with Crippen molar-refractivity contribution in [2.75, 3.05) is 31.1 Å². The molecular weight excluding hydrogens is 354 g/mol. The number of aliphatic hydroxyl groups is 2. The molecule has 0 aromatic heterocycles. The highest BCUT2D eigenvalue weighted by Gasteiger charge is 2.13. The van der Waals surface area contributed by atoms with Gasteiger partial charge in [-0.15, -0.1) is 0 Å². The summed E-state index contributed by atoms with van der Waals surface area (Å²) in [7, 11) is 0. The fraction of sp³-hybridized carbons (Fsp3) is 0.364. The first-order valence-corrected chi connectivity index (χ1v) is 9.58. The van der Waals surface area contributed by atoms with E-state index in [-0.39, 0.29) is 12.1 Å². The van der Waals surface area contributed by atoms with Crippen LogP contribution in [0.25, 0.3) is 16.8 Å². The summed E-state index contributed by atoms with van der Waals surface area (Å²) in [6, 6.07) is 14.1. The molecule has 0 saturated carbocycles. The van der Waals surface area contributed by atoms with E-state index in [1.54, 1.807) is 0 Å². The van der Waals surface area contributed by atoms with Crippen molar-refractivity contribution in [1.82, 2.24) is 5.32 Å². The van der Waals surface area contributed by atoms with E-state index >= 15 is 0 Å². The number of aliphatic hydroxyl groups excluding tert-OH is 2. The van der Waals surface area contributed by atoms with E-state index in [1.807, 2.05) is 24.3 Å². The van der Waals surface area contributed by atoms with Crippen molar-refractivity contribution in [2.45, 2.75) is 25.4 Å². The summed E-state index contributed by atoms with van der Waals surface area (Å²) in [5.74, 6) is -0.574. The number of nitriles is 1. The van der Waals surface area contributed by atoms with Gasteiger partial charge in [-0.1, -0.05) is 18.2 Å². The second kappa shape index (κ2) is 9.36. The lowest BCUT2D eigenvalue weighted by molar-refractivity contribution is -0.117. The zero-order valence-electron chi connectivity index (χ0n) is 15.8. The first kappa shape index (κ1) is 19.9. The fourth-order valence-corrected chi connectivity index (χ4v) is 3.38. The standard InChI is InChI=1S/C22H25N3O3/c23-13-19(22(28)24-14-21(27)15-26)11-16-4-5-18-12-20(7-6-17(18)10-16)25-8-2-1-3-9-25/h4-7,10-12,21,26-27H,1-3,8-9,14-15H2,(H,24,28). The maximum atomic E-state index is 12.1. The first-order chi connectivity index (χ1) is 13.6. The van der Waals surface area contributed by atoms with Crippen LogP contribution in [-0.4, -0.2) is 48.5 Å². The molecule has 1 unspecified atom stereocenters. The predicted octanol–water partition coefficient (Wildman–Crippen LogP) is 2.21. The van der Waals surface area contributed by atoms with Crippen LogP contribution in [0.1, 0.15) is 24.8 Å². The topological polar surface area (TPSA) is 96.6 Å². The molecular formula is C22H25N3O3. The van der Waals surface area contributed by atoms with Crippen LogP contribution in [0, 0.1) is 11.3 Å². The zero-order valence-corrected chi connectivity index (χ0v) is 15.8. The fourth-order valence-electron chi connectivity index (χ4n) is 3.38. The Morgan fingerprint density at radius 1 is 1.18 bits per heavy atom. The van der Waals surface area contributed by atoms with Crippen LogP contribution in [-0.2, 0) is 4.79 Å². The van der Waals surface area contributed by atoms with Crippen molar-refractivity contribution in [3.63, 3.8) is 0 Å². The monoisotopic (exact) mass is 379 g/mol. The number of piperidine rings is 1. The molecule has 0 spiro atoms. The highest BCUT2D eigenvalue weighted by atomic mass is 16.3. The average molecular weight is 379 g/mol. The number of nitrogens with zero attached hydrogens (tertiary/aromatic N) is 2. The number of carbonyl (C=O) groups excluding carboxylic acids is 1. The number of carbonyl (C=O) groups is 1. The van der Waals surface area contributed by atoms with Crippen molar-refractivity contribution in [2.24, 2.45) is 0 Å². The summed E-state index contributed by atoms with van der Waals surface area (Å²) in [6.07, 6.45) is 4.25. The second-order valence-electron chi connectivity index (χ2n) is 7.05. The summed E-state index contributed by atoms with van der Waals surface area (Å²) >= 11 is 0. The molecule has 0 radical (unpaired) electrons. The highest BCUT2D eigenvalue weighted by Crippen LogP contribution is 2.26. The quantitative estimate of drug-likeness (QED) is 0.528. The van der Waals surface area contributed by atoms with E-state index in [0.29, 0.717) is 0 Å². The Morgan fingerprint density at radius 2 is 1.89 bits per heavy atom. The molecule has 2 aromatic rings. The van der Waals surface area contributed by atoms with Crippen LogP contribution in [0.5, 0.6) is 0 Å². The van der Waals surface area contributed by atoms with E-state index in [1.165, 1.54) is 31.0 Å². The molecule has 0 aliphatic carbocycles. The minimum atomic E-state index is -1.04. The third-order valence-corrected chi connectivity index (χ3v) is 4.95. The number of amides is 1. The van der Waals surface area contributed by atoms with Crippen LogP contribution in [0.2, 0.25) is 0 Å². The van der Waals surface area contributed by atoms with Crippen LogP contribution in [0.15, 0.2) is 42.0 Å². The van der Waals surface area contributed by atoms with Crippen LogP contribution >= 0.6 is 0 Å². The lowest BCUT2D eigenvalue weighted by atomic mass is 10.0. The van der Waals surface area contributed by atoms with Gasteiger partial charge in [-0.25, -0.2) is 0 Å². The Labute approximate surface area is 164 Å². The van der Waals surface area contributed by atoms with Gasteiger partial charge >= 0.3 is 0 Å². The minimum Gasteiger partial charge on any atom is -0.394 e. The van der Waals surface area contributed by atoms with Crippen molar-refractivity contribution >= 4 is 28.4 Å². The Kier molecular flexibility index (Phi) is 6.64. The Bertz CT molecular complexity index is 911. The van der Waals surface area contributed by atoms with Gasteiger partial charge in [-0.3, -0.25) is 4.79 Å². The second-order valence-corrected chi connectivity index (χ2v) is 7.05. The summed E-state index contributed by atoms with van der Waals surface area (Å²) in [5, 5.41) is 32.0. The number of nitrogens with one attached hydrogen (secondary N) is 1. The lowest BCUT2D eigenvalue weighted by Crippen LogP contribution is -2.34. The van der Waals surface area contributed by atoms with Gasteiger partial charge in [0, 0.05) is 25.3 Å². The Hall–Kier alpha value is -2.88. The molecule has 146 valence electrons. The van der Waals surface area contributed by atoms with Gasteiger partial charge < -0.3 is 20.4 Å². The van der Waals surface area contributed by atoms with E-state index in [0.717, 1.165) is 29.4 Å². The van der Waals surface area contributed by atoms with Crippen LogP contribution in [0.3, 0.4) is 0 Å². The number of rotatable bonds is 6. The predicted molar refractivity (Wildman–Crippen MR) is 110 cm³/mol. The van der Waals surface area contributed by atoms with E-state index in [2.05, 4.69) is 28.4 Å². The molecule has 1 atom stereocenters. The van der Waals surface area contributed by atoms with E-state index in [9.17, 15) is 15.2 Å². The van der Waals surface area contributed by atoms with Gasteiger partial charge in [-0.05, 0) is 59.9 Å². The smallest absolute Gasteiger partial charge is 0.262 e. The molecule has 3 rings (SSSR count). The van der Waals surface area contributed by atoms with E-state index in [4.69, 9.17) is 5.11 Å². The summed E-state index contributed by atoms with van der Waals surface area (Å²) in [6.45, 7) is 1.64. The largest absolute Gasteiger partial charge is 0.394 e. The summed E-state index contributed by atoms with van der Waals surface area (Å²) < 4.78 is 0. The average Bonchev–Trinajstić information content (AvgIpc) is 2.75. The Morgan fingerprint density at radius 3 is 2.61 bits per heavy atom. The molecule has 1 heterocycles. The van der Waals surface area contributed by atoms with Gasteiger partial charge in [0.1, 0.15) is 11.6 Å². The molecule has 6 nitrogen and oxygen atoms in total. The number of anilines is 1. The maximum Gasteiger partial charge on any atom is 0.262 e.